The first-order valence-electron chi connectivity index (χ1n) is 9.31. The van der Waals surface area contributed by atoms with Crippen LogP contribution < -0.4 is 11.1 Å². The number of hydrogen-bond donors (Lipinski definition) is 2. The Morgan fingerprint density at radius 1 is 1.19 bits per heavy atom. The summed E-state index contributed by atoms with van der Waals surface area (Å²) >= 11 is 7.25. The molecule has 4 aromatic rings. The monoisotopic (exact) mass is 454 g/mol. The van der Waals surface area contributed by atoms with E-state index in [9.17, 15) is 4.79 Å². The number of anilines is 2. The fourth-order valence-electron chi connectivity index (χ4n) is 2.93. The minimum atomic E-state index is -0.276. The normalized spacial score (nSPS) is 10.9. The number of benzene rings is 2. The molecule has 0 aliphatic carbocycles. The van der Waals surface area contributed by atoms with Crippen LogP contribution in [0, 0.1) is 6.92 Å². The third-order valence-electron chi connectivity index (χ3n) is 4.52. The Labute approximate surface area is 187 Å². The smallest absolute Gasteiger partial charge is 0.264 e. The van der Waals surface area contributed by atoms with Crippen LogP contribution in [0.4, 0.5) is 11.5 Å². The molecule has 158 valence electrons. The molecule has 2 heterocycles. The fraction of sp³-hybridized carbons (Fsp3) is 0.143. The lowest BCUT2D eigenvalue weighted by Crippen LogP contribution is -2.20. The van der Waals surface area contributed by atoms with Crippen molar-refractivity contribution in [3.05, 3.63) is 59.1 Å². The SMILES string of the molecule is CSc1nn(CC(=O)Nc2ccc(Cl)cc2)c(N)c1-c1nc(-c2ccc(C)cc2)no1. The van der Waals surface area contributed by atoms with Crippen LogP contribution in [0.25, 0.3) is 22.8 Å². The molecule has 31 heavy (non-hydrogen) atoms. The van der Waals surface area contributed by atoms with Crippen molar-refractivity contribution >= 4 is 40.8 Å². The first-order chi connectivity index (χ1) is 14.9. The molecule has 0 spiro atoms. The fourth-order valence-corrected chi connectivity index (χ4v) is 3.63. The zero-order valence-corrected chi connectivity index (χ0v) is 18.4. The van der Waals surface area contributed by atoms with E-state index in [0.717, 1.165) is 11.1 Å². The summed E-state index contributed by atoms with van der Waals surface area (Å²) < 4.78 is 6.88. The Kier molecular flexibility index (Phi) is 5.97. The van der Waals surface area contributed by atoms with Gasteiger partial charge < -0.3 is 15.6 Å². The summed E-state index contributed by atoms with van der Waals surface area (Å²) in [5.74, 6) is 0.702. The molecule has 0 bridgehead atoms. The zero-order chi connectivity index (χ0) is 22.0. The molecular formula is C21H19ClN6O2S. The van der Waals surface area contributed by atoms with Gasteiger partial charge in [-0.3, -0.25) is 4.79 Å². The number of nitrogens with two attached hydrogens (primary N) is 1. The second kappa shape index (κ2) is 8.83. The topological polar surface area (TPSA) is 112 Å². The second-order valence-corrected chi connectivity index (χ2v) is 8.00. The van der Waals surface area contributed by atoms with Gasteiger partial charge in [0.25, 0.3) is 5.89 Å². The molecule has 3 N–H and O–H groups in total. The van der Waals surface area contributed by atoms with Crippen LogP contribution >= 0.6 is 23.4 Å². The quantitative estimate of drug-likeness (QED) is 0.412. The summed E-state index contributed by atoms with van der Waals surface area (Å²) in [4.78, 5) is 16.9. The van der Waals surface area contributed by atoms with Crippen LogP contribution in [0.15, 0.2) is 58.1 Å². The van der Waals surface area contributed by atoms with Gasteiger partial charge >= 0.3 is 0 Å². The molecular weight excluding hydrogens is 436 g/mol. The van der Waals surface area contributed by atoms with Crippen LogP contribution in [0.5, 0.6) is 0 Å². The molecule has 2 aromatic carbocycles. The van der Waals surface area contributed by atoms with Crippen LogP contribution in [0.3, 0.4) is 0 Å². The molecule has 0 atom stereocenters. The van der Waals surface area contributed by atoms with E-state index in [-0.39, 0.29) is 24.2 Å². The largest absolute Gasteiger partial charge is 0.383 e. The van der Waals surface area contributed by atoms with Gasteiger partial charge in [0.2, 0.25) is 11.7 Å². The molecule has 0 saturated heterocycles. The van der Waals surface area contributed by atoms with E-state index in [2.05, 4.69) is 20.6 Å². The standard InChI is InChI=1S/C21H19ClN6O2S/c1-12-3-5-13(6-4-12)19-25-20(30-27-19)17-18(23)28(26-21(17)31-2)11-16(29)24-15-9-7-14(22)8-10-15/h3-10H,11,23H2,1-2H3,(H,24,29). The predicted octanol–water partition coefficient (Wildman–Crippen LogP) is 4.50. The van der Waals surface area contributed by atoms with Gasteiger partial charge in [0.05, 0.1) is 0 Å². The van der Waals surface area contributed by atoms with Crippen molar-refractivity contribution in [2.45, 2.75) is 18.5 Å². The van der Waals surface area contributed by atoms with Crippen LogP contribution in [-0.2, 0) is 11.3 Å². The van der Waals surface area contributed by atoms with Gasteiger partial charge in [-0.1, -0.05) is 46.6 Å². The van der Waals surface area contributed by atoms with E-state index in [4.69, 9.17) is 21.9 Å². The number of nitrogens with one attached hydrogen (secondary N) is 1. The first-order valence-corrected chi connectivity index (χ1v) is 10.9. The Hall–Kier alpha value is -3.30. The molecule has 2 aromatic heterocycles. The number of nitrogens with zero attached hydrogens (tertiary/aromatic N) is 4. The molecule has 0 unspecified atom stereocenters. The van der Waals surface area contributed by atoms with E-state index in [1.807, 2.05) is 37.4 Å². The molecule has 0 aliphatic rings. The maximum Gasteiger partial charge on any atom is 0.264 e. The van der Waals surface area contributed by atoms with Crippen molar-refractivity contribution in [1.82, 2.24) is 19.9 Å². The van der Waals surface area contributed by atoms with Gasteiger partial charge in [-0.15, -0.1) is 11.8 Å². The Balaban J connectivity index is 1.58. The van der Waals surface area contributed by atoms with Gasteiger partial charge in [0, 0.05) is 16.3 Å². The number of thioether (sulfide) groups is 1. The van der Waals surface area contributed by atoms with Crippen LogP contribution in [0.2, 0.25) is 5.02 Å². The molecule has 1 amide bonds. The zero-order valence-electron chi connectivity index (χ0n) is 16.8. The lowest BCUT2D eigenvalue weighted by Gasteiger charge is -2.06. The molecule has 0 fully saturated rings. The number of nitrogen functional groups attached to an aromatic ring is 1. The number of carbonyl (C=O) groups is 1. The number of aryl methyl sites for hydroxylation is 1. The summed E-state index contributed by atoms with van der Waals surface area (Å²) in [6.45, 7) is 1.94. The first kappa shape index (κ1) is 21.0. The number of rotatable bonds is 6. The minimum Gasteiger partial charge on any atom is -0.383 e. The molecule has 0 radical (unpaired) electrons. The van der Waals surface area contributed by atoms with Crippen LogP contribution in [0.1, 0.15) is 5.56 Å². The highest BCUT2D eigenvalue weighted by Gasteiger charge is 2.23. The van der Waals surface area contributed by atoms with Crippen molar-refractivity contribution in [2.24, 2.45) is 0 Å². The summed E-state index contributed by atoms with van der Waals surface area (Å²) in [7, 11) is 0. The van der Waals surface area contributed by atoms with Crippen molar-refractivity contribution in [3.8, 4) is 22.8 Å². The number of aromatic nitrogens is 4. The van der Waals surface area contributed by atoms with Gasteiger partial charge in [0.15, 0.2) is 0 Å². The van der Waals surface area contributed by atoms with Gasteiger partial charge in [0.1, 0.15) is 23.0 Å². The molecule has 0 saturated carbocycles. The summed E-state index contributed by atoms with van der Waals surface area (Å²) in [6, 6.07) is 14.6. The highest BCUT2D eigenvalue weighted by atomic mass is 35.5. The Bertz CT molecular complexity index is 1220. The second-order valence-electron chi connectivity index (χ2n) is 6.77. The van der Waals surface area contributed by atoms with Gasteiger partial charge in [-0.25, -0.2) is 4.68 Å². The third kappa shape index (κ3) is 4.57. The number of carbonyl (C=O) groups excluding carboxylic acids is 1. The van der Waals surface area contributed by atoms with E-state index < -0.39 is 0 Å². The molecule has 4 rings (SSSR count). The van der Waals surface area contributed by atoms with Crippen LogP contribution in [-0.4, -0.2) is 32.1 Å². The van der Waals surface area contributed by atoms with Crippen molar-refractivity contribution in [1.29, 1.82) is 0 Å². The lowest BCUT2D eigenvalue weighted by atomic mass is 10.1. The van der Waals surface area contributed by atoms with E-state index in [1.54, 1.807) is 24.3 Å². The maximum absolute atomic E-state index is 12.5. The van der Waals surface area contributed by atoms with E-state index in [1.165, 1.54) is 16.4 Å². The average Bonchev–Trinajstić information content (AvgIpc) is 3.35. The van der Waals surface area contributed by atoms with Gasteiger partial charge in [-0.2, -0.15) is 10.1 Å². The predicted molar refractivity (Wildman–Crippen MR) is 122 cm³/mol. The molecule has 8 nitrogen and oxygen atoms in total. The Morgan fingerprint density at radius 2 is 1.90 bits per heavy atom. The van der Waals surface area contributed by atoms with Crippen molar-refractivity contribution in [2.75, 3.05) is 17.3 Å². The van der Waals surface area contributed by atoms with Crippen molar-refractivity contribution in [3.63, 3.8) is 0 Å². The number of hydrogen-bond acceptors (Lipinski definition) is 7. The lowest BCUT2D eigenvalue weighted by molar-refractivity contribution is -0.116. The number of amides is 1. The molecule has 10 heteroatoms. The average molecular weight is 455 g/mol. The summed E-state index contributed by atoms with van der Waals surface area (Å²) in [5.41, 5.74) is 9.42. The third-order valence-corrected chi connectivity index (χ3v) is 5.45. The summed E-state index contributed by atoms with van der Waals surface area (Å²) in [6.07, 6.45) is 1.86. The Morgan fingerprint density at radius 3 is 2.58 bits per heavy atom. The van der Waals surface area contributed by atoms with Gasteiger partial charge in [-0.05, 0) is 37.4 Å². The maximum atomic E-state index is 12.5. The molecule has 0 aliphatic heterocycles. The minimum absolute atomic E-state index is 0.0685. The number of halogens is 1. The highest BCUT2D eigenvalue weighted by molar-refractivity contribution is 7.98. The summed E-state index contributed by atoms with van der Waals surface area (Å²) in [5, 5.41) is 12.5. The van der Waals surface area contributed by atoms with Crippen molar-refractivity contribution < 1.29 is 9.32 Å². The van der Waals surface area contributed by atoms with E-state index in [0.29, 0.717) is 27.1 Å². The van der Waals surface area contributed by atoms with E-state index >= 15 is 0 Å². The highest BCUT2D eigenvalue weighted by Crippen LogP contribution is 2.34.